The van der Waals surface area contributed by atoms with Crippen molar-refractivity contribution in [3.8, 4) is 5.88 Å². The molecule has 0 saturated carbocycles. The van der Waals surface area contributed by atoms with Crippen molar-refractivity contribution in [3.05, 3.63) is 83.1 Å². The van der Waals surface area contributed by atoms with Gasteiger partial charge >= 0.3 is 0 Å². The highest BCUT2D eigenvalue weighted by Crippen LogP contribution is 2.16. The SMILES string of the molecule is CCC/C(=N\Oc1ncccc1F)c1ccc(CC(=O)c2cncc(F)c2C)nc1. The molecule has 3 rings (SSSR count). The molecule has 0 aliphatic rings. The zero-order chi connectivity index (χ0) is 21.5. The van der Waals surface area contributed by atoms with E-state index in [0.717, 1.165) is 12.6 Å². The van der Waals surface area contributed by atoms with Crippen molar-refractivity contribution in [2.75, 3.05) is 0 Å². The Labute approximate surface area is 172 Å². The largest absolute Gasteiger partial charge is 0.333 e. The summed E-state index contributed by atoms with van der Waals surface area (Å²) >= 11 is 0. The van der Waals surface area contributed by atoms with Crippen molar-refractivity contribution < 1.29 is 18.4 Å². The van der Waals surface area contributed by atoms with E-state index >= 15 is 0 Å². The molecule has 0 saturated heterocycles. The Kier molecular flexibility index (Phi) is 6.90. The maximum absolute atomic E-state index is 13.7. The Balaban J connectivity index is 1.75. The van der Waals surface area contributed by atoms with E-state index < -0.39 is 11.6 Å². The van der Waals surface area contributed by atoms with Crippen LogP contribution < -0.4 is 4.84 Å². The third-order valence-electron chi connectivity index (χ3n) is 4.41. The lowest BCUT2D eigenvalue weighted by Gasteiger charge is -2.08. The summed E-state index contributed by atoms with van der Waals surface area (Å²) in [7, 11) is 0. The van der Waals surface area contributed by atoms with Crippen molar-refractivity contribution in [1.29, 1.82) is 0 Å². The summed E-state index contributed by atoms with van der Waals surface area (Å²) in [5.74, 6) is -1.60. The Morgan fingerprint density at radius 2 is 1.93 bits per heavy atom. The number of oxime groups is 1. The third-order valence-corrected chi connectivity index (χ3v) is 4.41. The molecule has 0 atom stereocenters. The molecule has 0 aromatic carbocycles. The normalized spacial score (nSPS) is 11.4. The minimum Gasteiger partial charge on any atom is -0.333 e. The van der Waals surface area contributed by atoms with Gasteiger partial charge in [-0.25, -0.2) is 13.8 Å². The van der Waals surface area contributed by atoms with Gasteiger partial charge < -0.3 is 4.84 Å². The monoisotopic (exact) mass is 410 g/mol. The maximum Gasteiger partial charge on any atom is 0.284 e. The van der Waals surface area contributed by atoms with Crippen LogP contribution in [-0.4, -0.2) is 26.4 Å². The van der Waals surface area contributed by atoms with Crippen molar-refractivity contribution >= 4 is 11.5 Å². The molecule has 0 aliphatic heterocycles. The molecule has 3 aromatic heterocycles. The van der Waals surface area contributed by atoms with Gasteiger partial charge in [-0.3, -0.25) is 14.8 Å². The Hall–Kier alpha value is -3.55. The van der Waals surface area contributed by atoms with E-state index in [4.69, 9.17) is 4.84 Å². The van der Waals surface area contributed by atoms with Crippen LogP contribution in [0.25, 0.3) is 0 Å². The van der Waals surface area contributed by atoms with Crippen molar-refractivity contribution in [3.63, 3.8) is 0 Å². The predicted molar refractivity (Wildman–Crippen MR) is 107 cm³/mol. The lowest BCUT2D eigenvalue weighted by molar-refractivity contribution is 0.0990. The number of pyridine rings is 3. The minimum atomic E-state index is -0.605. The number of rotatable bonds is 8. The summed E-state index contributed by atoms with van der Waals surface area (Å²) in [6.45, 7) is 3.52. The van der Waals surface area contributed by atoms with E-state index in [1.165, 1.54) is 24.5 Å². The number of hydrogen-bond donors (Lipinski definition) is 0. The van der Waals surface area contributed by atoms with Gasteiger partial charge in [0.15, 0.2) is 11.6 Å². The molecule has 0 aliphatic carbocycles. The standard InChI is InChI=1S/C22H20F2N4O2/c1-3-5-20(28-30-22-18(23)6-4-9-26-22)15-7-8-16(27-11-15)10-21(29)17-12-25-13-19(24)14(17)2/h4,6-9,11-13H,3,5,10H2,1-2H3/b28-20+. The second-order valence-corrected chi connectivity index (χ2v) is 6.60. The number of aromatic nitrogens is 3. The van der Waals surface area contributed by atoms with Gasteiger partial charge in [0.1, 0.15) is 5.82 Å². The zero-order valence-electron chi connectivity index (χ0n) is 16.6. The highest BCUT2D eigenvalue weighted by Gasteiger charge is 2.14. The molecular weight excluding hydrogens is 390 g/mol. The highest BCUT2D eigenvalue weighted by atomic mass is 19.1. The molecule has 30 heavy (non-hydrogen) atoms. The second kappa shape index (κ2) is 9.78. The first-order valence-corrected chi connectivity index (χ1v) is 9.42. The molecule has 3 aromatic rings. The molecular formula is C22H20F2N4O2. The Morgan fingerprint density at radius 1 is 1.10 bits per heavy atom. The minimum absolute atomic E-state index is 0.0160. The van der Waals surface area contributed by atoms with Crippen LogP contribution in [0.15, 0.2) is 54.2 Å². The van der Waals surface area contributed by atoms with Crippen LogP contribution in [0.1, 0.15) is 46.9 Å². The molecule has 8 heteroatoms. The summed E-state index contributed by atoms with van der Waals surface area (Å²) in [5.41, 5.74) is 2.30. The van der Waals surface area contributed by atoms with E-state index in [1.54, 1.807) is 25.3 Å². The predicted octanol–water partition coefficient (Wildman–Crippen LogP) is 4.47. The third kappa shape index (κ3) is 5.08. The first-order chi connectivity index (χ1) is 14.5. The molecule has 0 amide bonds. The fourth-order valence-corrected chi connectivity index (χ4v) is 2.76. The molecule has 0 spiro atoms. The van der Waals surface area contributed by atoms with Gasteiger partial charge in [0, 0.05) is 35.4 Å². The van der Waals surface area contributed by atoms with Gasteiger partial charge in [-0.15, -0.1) is 0 Å². The van der Waals surface area contributed by atoms with E-state index in [-0.39, 0.29) is 29.2 Å². The Morgan fingerprint density at radius 3 is 2.63 bits per heavy atom. The molecule has 0 radical (unpaired) electrons. The summed E-state index contributed by atoms with van der Waals surface area (Å²) < 4.78 is 27.3. The van der Waals surface area contributed by atoms with Crippen molar-refractivity contribution in [2.24, 2.45) is 5.16 Å². The average Bonchev–Trinajstić information content (AvgIpc) is 2.74. The molecule has 0 fully saturated rings. The van der Waals surface area contributed by atoms with Crippen LogP contribution >= 0.6 is 0 Å². The fourth-order valence-electron chi connectivity index (χ4n) is 2.76. The topological polar surface area (TPSA) is 77.3 Å². The van der Waals surface area contributed by atoms with Gasteiger partial charge in [-0.2, -0.15) is 0 Å². The van der Waals surface area contributed by atoms with E-state index in [0.29, 0.717) is 23.4 Å². The average molecular weight is 410 g/mol. The maximum atomic E-state index is 13.7. The smallest absolute Gasteiger partial charge is 0.284 e. The van der Waals surface area contributed by atoms with Gasteiger partial charge in [0.05, 0.1) is 18.3 Å². The summed E-state index contributed by atoms with van der Waals surface area (Å²) in [5, 5.41) is 4.03. The molecule has 6 nitrogen and oxygen atoms in total. The van der Waals surface area contributed by atoms with E-state index in [2.05, 4.69) is 20.1 Å². The van der Waals surface area contributed by atoms with E-state index in [9.17, 15) is 13.6 Å². The van der Waals surface area contributed by atoms with Crippen LogP contribution in [0.5, 0.6) is 5.88 Å². The van der Waals surface area contributed by atoms with Crippen LogP contribution in [0.2, 0.25) is 0 Å². The lowest BCUT2D eigenvalue weighted by atomic mass is 10.0. The number of carbonyl (C=O) groups is 1. The van der Waals surface area contributed by atoms with Crippen molar-refractivity contribution in [2.45, 2.75) is 33.1 Å². The Bertz CT molecular complexity index is 1070. The van der Waals surface area contributed by atoms with Crippen molar-refractivity contribution in [1.82, 2.24) is 15.0 Å². The van der Waals surface area contributed by atoms with Gasteiger partial charge in [0.25, 0.3) is 5.88 Å². The van der Waals surface area contributed by atoms with Crippen LogP contribution in [-0.2, 0) is 6.42 Å². The zero-order valence-corrected chi connectivity index (χ0v) is 16.6. The number of nitrogens with zero attached hydrogens (tertiary/aromatic N) is 4. The van der Waals surface area contributed by atoms with E-state index in [1.807, 2.05) is 6.92 Å². The summed E-state index contributed by atoms with van der Waals surface area (Å²) in [6, 6.07) is 6.16. The highest BCUT2D eigenvalue weighted by molar-refractivity contribution is 6.00. The number of ketones is 1. The fraction of sp³-hybridized carbons (Fsp3) is 0.227. The van der Waals surface area contributed by atoms with Crippen LogP contribution in [0, 0.1) is 18.6 Å². The first-order valence-electron chi connectivity index (χ1n) is 9.42. The van der Waals surface area contributed by atoms with Gasteiger partial charge in [-0.05, 0) is 43.2 Å². The second-order valence-electron chi connectivity index (χ2n) is 6.60. The summed E-state index contributed by atoms with van der Waals surface area (Å²) in [4.78, 5) is 29.5. The number of hydrogen-bond acceptors (Lipinski definition) is 6. The lowest BCUT2D eigenvalue weighted by Crippen LogP contribution is -2.10. The molecule has 154 valence electrons. The number of Topliss-reactive ketones (excluding diaryl/α,β-unsaturated/α-hetero) is 1. The molecule has 0 bridgehead atoms. The number of carbonyl (C=O) groups excluding carboxylic acids is 1. The molecule has 3 heterocycles. The quantitative estimate of drug-likeness (QED) is 0.311. The summed E-state index contributed by atoms with van der Waals surface area (Å²) in [6.07, 6.45) is 6.81. The van der Waals surface area contributed by atoms with Crippen LogP contribution in [0.4, 0.5) is 8.78 Å². The van der Waals surface area contributed by atoms with Gasteiger partial charge in [0.2, 0.25) is 0 Å². The van der Waals surface area contributed by atoms with Gasteiger partial charge in [-0.1, -0.05) is 18.5 Å². The number of halogens is 2. The molecule has 0 unspecified atom stereocenters. The van der Waals surface area contributed by atoms with Crippen LogP contribution in [0.3, 0.4) is 0 Å². The first kappa shape index (κ1) is 21.2. The molecule has 0 N–H and O–H groups in total.